The van der Waals surface area contributed by atoms with Gasteiger partial charge >= 0.3 is 0 Å². The zero-order valence-corrected chi connectivity index (χ0v) is 16.6. The van der Waals surface area contributed by atoms with Crippen LogP contribution in [0.1, 0.15) is 12.5 Å². The summed E-state index contributed by atoms with van der Waals surface area (Å²) in [6, 6.07) is 12.8. The van der Waals surface area contributed by atoms with E-state index in [1.807, 2.05) is 31.2 Å². The Morgan fingerprint density at radius 2 is 1.75 bits per heavy atom. The first-order chi connectivity index (χ1) is 11.3. The molecule has 3 nitrogen and oxygen atoms in total. The fourth-order valence-corrected chi connectivity index (χ4v) is 3.91. The second-order valence-electron chi connectivity index (χ2n) is 5.83. The third-order valence-corrected chi connectivity index (χ3v) is 5.09. The van der Waals surface area contributed by atoms with E-state index in [0.717, 1.165) is 10.0 Å². The molecule has 1 fully saturated rings. The van der Waals surface area contributed by atoms with Crippen LogP contribution < -0.4 is 10.2 Å². The first kappa shape index (κ1) is 17.7. The predicted octanol–water partition coefficient (Wildman–Crippen LogP) is 4.98. The quantitative estimate of drug-likeness (QED) is 0.679. The predicted molar refractivity (Wildman–Crippen MR) is 106 cm³/mol. The molecule has 0 radical (unpaired) electrons. The van der Waals surface area contributed by atoms with E-state index in [9.17, 15) is 4.79 Å². The van der Waals surface area contributed by atoms with Crippen molar-refractivity contribution in [1.82, 2.24) is 5.32 Å². The summed E-state index contributed by atoms with van der Waals surface area (Å²) in [5.74, 6) is -0.131. The molecule has 1 saturated heterocycles. The summed E-state index contributed by atoms with van der Waals surface area (Å²) >= 11 is 20.9. The van der Waals surface area contributed by atoms with Gasteiger partial charge in [-0.2, -0.15) is 0 Å². The van der Waals surface area contributed by atoms with Gasteiger partial charge in [-0.1, -0.05) is 51.3 Å². The van der Waals surface area contributed by atoms with Gasteiger partial charge in [0.05, 0.1) is 5.69 Å². The lowest BCUT2D eigenvalue weighted by Gasteiger charge is -2.22. The maximum atomic E-state index is 13.0. The molecule has 0 aliphatic carbocycles. The summed E-state index contributed by atoms with van der Waals surface area (Å²) in [6.07, 6.45) is 0.518. The van der Waals surface area contributed by atoms with Crippen molar-refractivity contribution in [2.75, 3.05) is 4.90 Å². The van der Waals surface area contributed by atoms with Crippen LogP contribution in [0.15, 0.2) is 46.9 Å². The van der Waals surface area contributed by atoms with Crippen molar-refractivity contribution in [3.05, 3.63) is 62.5 Å². The lowest BCUT2D eigenvalue weighted by atomic mass is 9.93. The molecule has 2 aromatic carbocycles. The number of anilines is 1. The number of benzene rings is 2. The van der Waals surface area contributed by atoms with Crippen LogP contribution in [0.3, 0.4) is 0 Å². The van der Waals surface area contributed by atoms with Gasteiger partial charge in [-0.3, -0.25) is 9.69 Å². The number of hydrogen-bond donors (Lipinski definition) is 1. The molecule has 24 heavy (non-hydrogen) atoms. The standard InChI is InChI=1S/C17H13BrCl2N2OS/c1-17(9-10-2-4-11(18)5-3-10)15(23)22(16(24)21-17)14-7-12(19)6-13(20)8-14/h2-8H,9H2,1H3,(H,21,24)/t17-/m0/s1. The minimum absolute atomic E-state index is 0.131. The number of halogens is 3. The van der Waals surface area contributed by atoms with Crippen molar-refractivity contribution in [2.45, 2.75) is 18.9 Å². The summed E-state index contributed by atoms with van der Waals surface area (Å²) in [4.78, 5) is 14.5. The fraction of sp³-hybridized carbons (Fsp3) is 0.176. The minimum Gasteiger partial charge on any atom is -0.348 e. The van der Waals surface area contributed by atoms with Crippen molar-refractivity contribution in [1.29, 1.82) is 0 Å². The Morgan fingerprint density at radius 1 is 1.17 bits per heavy atom. The molecular formula is C17H13BrCl2N2OS. The van der Waals surface area contributed by atoms with E-state index in [0.29, 0.717) is 27.3 Å². The van der Waals surface area contributed by atoms with Crippen LogP contribution in [0.4, 0.5) is 5.69 Å². The molecule has 0 bridgehead atoms. The van der Waals surface area contributed by atoms with Gasteiger partial charge in [-0.15, -0.1) is 0 Å². The van der Waals surface area contributed by atoms with E-state index in [-0.39, 0.29) is 5.91 Å². The van der Waals surface area contributed by atoms with Gasteiger partial charge in [0.2, 0.25) is 0 Å². The summed E-state index contributed by atoms with van der Waals surface area (Å²) in [7, 11) is 0. The molecule has 1 heterocycles. The molecule has 2 aromatic rings. The lowest BCUT2D eigenvalue weighted by molar-refractivity contribution is -0.121. The van der Waals surface area contributed by atoms with Gasteiger partial charge in [-0.25, -0.2) is 0 Å². The molecule has 124 valence electrons. The summed E-state index contributed by atoms with van der Waals surface area (Å²) < 4.78 is 0.993. The Bertz CT molecular complexity index is 808. The first-order valence-electron chi connectivity index (χ1n) is 7.16. The van der Waals surface area contributed by atoms with Crippen LogP contribution in [0.2, 0.25) is 10.0 Å². The number of nitrogens with zero attached hydrogens (tertiary/aromatic N) is 1. The number of rotatable bonds is 3. The van der Waals surface area contributed by atoms with Gasteiger partial charge in [0, 0.05) is 20.9 Å². The molecule has 0 spiro atoms. The Hall–Kier alpha value is -1.14. The molecule has 1 atom stereocenters. The van der Waals surface area contributed by atoms with Crippen LogP contribution in [0.5, 0.6) is 0 Å². The first-order valence-corrected chi connectivity index (χ1v) is 9.11. The zero-order valence-electron chi connectivity index (χ0n) is 12.6. The Morgan fingerprint density at radius 3 is 2.33 bits per heavy atom. The van der Waals surface area contributed by atoms with E-state index in [2.05, 4.69) is 21.2 Å². The highest BCUT2D eigenvalue weighted by atomic mass is 79.9. The lowest BCUT2D eigenvalue weighted by Crippen LogP contribution is -2.46. The average Bonchev–Trinajstić information content (AvgIpc) is 2.70. The van der Waals surface area contributed by atoms with Gasteiger partial charge in [-0.05, 0) is 55.0 Å². The largest absolute Gasteiger partial charge is 0.348 e. The normalized spacial score (nSPS) is 20.4. The minimum atomic E-state index is -0.820. The van der Waals surface area contributed by atoms with Gasteiger partial charge in [0.15, 0.2) is 5.11 Å². The van der Waals surface area contributed by atoms with Crippen LogP contribution >= 0.6 is 51.3 Å². The summed E-state index contributed by atoms with van der Waals surface area (Å²) in [5, 5.41) is 4.39. The Labute approximate surface area is 164 Å². The molecule has 1 N–H and O–H groups in total. The second-order valence-corrected chi connectivity index (χ2v) is 8.01. The number of hydrogen-bond acceptors (Lipinski definition) is 2. The smallest absolute Gasteiger partial charge is 0.259 e. The van der Waals surface area contributed by atoms with Gasteiger partial charge in [0.25, 0.3) is 5.91 Å². The highest BCUT2D eigenvalue weighted by Gasteiger charge is 2.46. The highest BCUT2D eigenvalue weighted by molar-refractivity contribution is 9.10. The van der Waals surface area contributed by atoms with Crippen molar-refractivity contribution < 1.29 is 4.79 Å². The zero-order chi connectivity index (χ0) is 17.5. The van der Waals surface area contributed by atoms with Crippen molar-refractivity contribution in [3.63, 3.8) is 0 Å². The molecule has 0 aromatic heterocycles. The maximum Gasteiger partial charge on any atom is 0.259 e. The SMILES string of the molecule is C[C@@]1(Cc2ccc(Br)cc2)NC(=S)N(c2cc(Cl)cc(Cl)c2)C1=O. The average molecular weight is 444 g/mol. The third-order valence-electron chi connectivity index (χ3n) is 3.84. The molecule has 0 unspecified atom stereocenters. The second kappa shape index (κ2) is 6.64. The molecular weight excluding hydrogens is 431 g/mol. The molecule has 0 saturated carbocycles. The summed E-state index contributed by atoms with van der Waals surface area (Å²) in [6.45, 7) is 1.84. The molecule has 1 aliphatic heterocycles. The number of nitrogens with one attached hydrogen (secondary N) is 1. The van der Waals surface area contributed by atoms with Crippen molar-refractivity contribution in [3.8, 4) is 0 Å². The number of thiocarbonyl (C=S) groups is 1. The number of amides is 1. The number of carbonyl (C=O) groups is 1. The Kier molecular flexibility index (Phi) is 4.89. The van der Waals surface area contributed by atoms with E-state index >= 15 is 0 Å². The van der Waals surface area contributed by atoms with Gasteiger partial charge in [0.1, 0.15) is 5.54 Å². The molecule has 1 amide bonds. The van der Waals surface area contributed by atoms with E-state index in [1.54, 1.807) is 18.2 Å². The molecule has 3 rings (SSSR count). The van der Waals surface area contributed by atoms with Gasteiger partial charge < -0.3 is 5.32 Å². The third kappa shape index (κ3) is 3.45. The maximum absolute atomic E-state index is 13.0. The van der Waals surface area contributed by atoms with Crippen LogP contribution in [0, 0.1) is 0 Å². The molecule has 1 aliphatic rings. The monoisotopic (exact) mass is 442 g/mol. The Balaban J connectivity index is 1.91. The molecule has 7 heteroatoms. The van der Waals surface area contributed by atoms with Crippen LogP contribution in [-0.2, 0) is 11.2 Å². The fourth-order valence-electron chi connectivity index (χ4n) is 2.72. The van der Waals surface area contributed by atoms with E-state index < -0.39 is 5.54 Å². The van der Waals surface area contributed by atoms with Crippen LogP contribution in [0.25, 0.3) is 0 Å². The highest BCUT2D eigenvalue weighted by Crippen LogP contribution is 2.31. The number of carbonyl (C=O) groups excluding carboxylic acids is 1. The van der Waals surface area contributed by atoms with Crippen molar-refractivity contribution >= 4 is 68.1 Å². The van der Waals surface area contributed by atoms with Crippen molar-refractivity contribution in [2.24, 2.45) is 0 Å². The summed E-state index contributed by atoms with van der Waals surface area (Å²) in [5.41, 5.74) is 0.782. The topological polar surface area (TPSA) is 32.3 Å². The van der Waals surface area contributed by atoms with E-state index in [4.69, 9.17) is 35.4 Å². The van der Waals surface area contributed by atoms with E-state index in [1.165, 1.54) is 4.90 Å². The van der Waals surface area contributed by atoms with Crippen LogP contribution in [-0.4, -0.2) is 16.6 Å².